The summed E-state index contributed by atoms with van der Waals surface area (Å²) in [5.74, 6) is 0.0500. The first-order valence-corrected chi connectivity index (χ1v) is 9.20. The number of nitrogens with one attached hydrogen (secondary N) is 2. The topological polar surface area (TPSA) is 61.4 Å². The van der Waals surface area contributed by atoms with Crippen LogP contribution in [0.25, 0.3) is 0 Å². The Hall–Kier alpha value is -0.910. The van der Waals surface area contributed by atoms with Crippen LogP contribution in [-0.4, -0.2) is 35.7 Å². The molecule has 4 nitrogen and oxygen atoms in total. The monoisotopic (exact) mass is 322 g/mol. The smallest absolute Gasteiger partial charge is 0.229 e. The first-order chi connectivity index (χ1) is 10.6. The quantitative estimate of drug-likeness (QED) is 0.778. The number of carbonyl (C=O) groups is 1. The molecule has 1 amide bonds. The zero-order valence-corrected chi connectivity index (χ0v) is 14.0. The fourth-order valence-electron chi connectivity index (χ4n) is 3.88. The number of carbonyl (C=O) groups excluding carboxylic acids is 1. The lowest BCUT2D eigenvalue weighted by Crippen LogP contribution is -2.66. The maximum atomic E-state index is 12.9. The summed E-state index contributed by atoms with van der Waals surface area (Å²) in [6.45, 7) is 3.53. The van der Waals surface area contributed by atoms with Gasteiger partial charge in [-0.3, -0.25) is 4.79 Å². The largest absolute Gasteiger partial charge is 0.387 e. The first-order valence-electron chi connectivity index (χ1n) is 8.32. The summed E-state index contributed by atoms with van der Waals surface area (Å²) < 4.78 is 0. The van der Waals surface area contributed by atoms with E-state index in [1.54, 1.807) is 11.3 Å². The first kappa shape index (κ1) is 16.0. The third-order valence-electron chi connectivity index (χ3n) is 5.36. The van der Waals surface area contributed by atoms with E-state index in [2.05, 4.69) is 22.1 Å². The molecule has 2 aliphatic rings. The van der Waals surface area contributed by atoms with Gasteiger partial charge in [-0.15, -0.1) is 11.3 Å². The summed E-state index contributed by atoms with van der Waals surface area (Å²) in [5, 5.41) is 19.6. The Bertz CT molecular complexity index is 505. The van der Waals surface area contributed by atoms with Crippen LogP contribution in [0.5, 0.6) is 0 Å². The van der Waals surface area contributed by atoms with Crippen LogP contribution < -0.4 is 10.6 Å². The number of hydrogen-bond donors (Lipinski definition) is 3. The normalized spacial score (nSPS) is 28.6. The van der Waals surface area contributed by atoms with Crippen molar-refractivity contribution < 1.29 is 9.90 Å². The Labute approximate surface area is 136 Å². The van der Waals surface area contributed by atoms with Gasteiger partial charge in [0, 0.05) is 23.9 Å². The molecule has 5 heteroatoms. The van der Waals surface area contributed by atoms with E-state index in [9.17, 15) is 9.90 Å². The molecule has 1 aliphatic heterocycles. The number of aliphatic hydroxyl groups is 1. The van der Waals surface area contributed by atoms with Gasteiger partial charge in [-0.1, -0.05) is 12.5 Å². The van der Waals surface area contributed by atoms with Crippen molar-refractivity contribution in [3.05, 3.63) is 22.4 Å². The van der Waals surface area contributed by atoms with Gasteiger partial charge in [0.15, 0.2) is 0 Å². The summed E-state index contributed by atoms with van der Waals surface area (Å²) in [5.41, 5.74) is -1.46. The van der Waals surface area contributed by atoms with E-state index in [4.69, 9.17) is 0 Å². The average molecular weight is 322 g/mol. The third-order valence-corrected chi connectivity index (χ3v) is 6.26. The van der Waals surface area contributed by atoms with E-state index in [0.717, 1.165) is 45.1 Å². The lowest BCUT2D eigenvalue weighted by molar-refractivity contribution is -0.171. The molecule has 1 saturated carbocycles. The predicted molar refractivity (Wildman–Crippen MR) is 89.0 cm³/mol. The van der Waals surface area contributed by atoms with E-state index in [0.29, 0.717) is 6.54 Å². The van der Waals surface area contributed by atoms with Crippen molar-refractivity contribution in [2.75, 3.05) is 13.1 Å². The van der Waals surface area contributed by atoms with Crippen LogP contribution in [0.2, 0.25) is 0 Å². The summed E-state index contributed by atoms with van der Waals surface area (Å²) in [7, 11) is 0. The predicted octanol–water partition coefficient (Wildman–Crippen LogP) is 2.08. The third kappa shape index (κ3) is 2.82. The van der Waals surface area contributed by atoms with E-state index in [1.807, 2.05) is 13.0 Å². The molecule has 0 aromatic carbocycles. The minimum atomic E-state index is -0.879. The molecule has 1 aromatic heterocycles. The van der Waals surface area contributed by atoms with Crippen molar-refractivity contribution in [2.45, 2.75) is 57.1 Å². The van der Waals surface area contributed by atoms with E-state index in [1.165, 1.54) is 4.88 Å². The highest BCUT2D eigenvalue weighted by Crippen LogP contribution is 2.51. The van der Waals surface area contributed by atoms with Gasteiger partial charge in [-0.25, -0.2) is 0 Å². The van der Waals surface area contributed by atoms with E-state index in [-0.39, 0.29) is 11.9 Å². The number of β-amino-alcohol motifs (C(OH)–C–C–N with tert-alkyl or cyclic N) is 1. The van der Waals surface area contributed by atoms with Crippen LogP contribution >= 0.6 is 11.3 Å². The molecule has 2 unspecified atom stereocenters. The Morgan fingerprint density at radius 2 is 2.27 bits per heavy atom. The molecule has 1 aliphatic carbocycles. The Balaban J connectivity index is 1.66. The van der Waals surface area contributed by atoms with Crippen molar-refractivity contribution >= 4 is 17.2 Å². The molecular formula is C17H26N2O2S. The summed E-state index contributed by atoms with van der Waals surface area (Å²) in [4.78, 5) is 14.2. The summed E-state index contributed by atoms with van der Waals surface area (Å²) >= 11 is 1.72. The van der Waals surface area contributed by atoms with E-state index >= 15 is 0 Å². The van der Waals surface area contributed by atoms with Crippen LogP contribution in [0.3, 0.4) is 0 Å². The van der Waals surface area contributed by atoms with Crippen LogP contribution in [0, 0.1) is 5.41 Å². The van der Waals surface area contributed by atoms with Gasteiger partial charge in [0.2, 0.25) is 5.91 Å². The molecule has 1 aromatic rings. The van der Waals surface area contributed by atoms with Crippen LogP contribution in [0.15, 0.2) is 17.5 Å². The summed E-state index contributed by atoms with van der Waals surface area (Å²) in [6.07, 6.45) is 5.18. The molecule has 2 heterocycles. The van der Waals surface area contributed by atoms with Crippen LogP contribution in [-0.2, 0) is 11.2 Å². The van der Waals surface area contributed by atoms with E-state index < -0.39 is 11.0 Å². The van der Waals surface area contributed by atoms with Crippen molar-refractivity contribution in [1.82, 2.24) is 10.6 Å². The van der Waals surface area contributed by atoms with Gasteiger partial charge in [-0.2, -0.15) is 0 Å². The zero-order chi connectivity index (χ0) is 15.6. The Morgan fingerprint density at radius 3 is 2.82 bits per heavy atom. The molecular weight excluding hydrogens is 296 g/mol. The number of thiophene rings is 1. The zero-order valence-electron chi connectivity index (χ0n) is 13.2. The molecule has 122 valence electrons. The molecule has 0 spiro atoms. The fourth-order valence-corrected chi connectivity index (χ4v) is 4.71. The lowest BCUT2D eigenvalue weighted by Gasteiger charge is -2.53. The highest BCUT2D eigenvalue weighted by atomic mass is 32.1. The van der Waals surface area contributed by atoms with Gasteiger partial charge >= 0.3 is 0 Å². The average Bonchev–Trinajstić information content (AvgIpc) is 2.90. The number of amides is 1. The van der Waals surface area contributed by atoms with Gasteiger partial charge < -0.3 is 15.7 Å². The molecule has 22 heavy (non-hydrogen) atoms. The summed E-state index contributed by atoms with van der Waals surface area (Å²) in [6, 6.07) is 4.24. The van der Waals surface area contributed by atoms with Crippen molar-refractivity contribution in [3.8, 4) is 0 Å². The minimum Gasteiger partial charge on any atom is -0.387 e. The standard InChI is InChI=1S/C17H26N2O2S/c1-13(11-14-5-2-10-22-14)19-15(20)16(6-3-7-16)17(21)8-4-9-18-12-17/h2,5,10,13,18,21H,3-4,6-9,11-12H2,1H3,(H,19,20). The molecule has 3 rings (SSSR count). The SMILES string of the molecule is CC(Cc1cccs1)NC(=O)C1(C2(O)CCCNC2)CCC1. The Kier molecular flexibility index (Phi) is 4.57. The maximum Gasteiger partial charge on any atom is 0.229 e. The van der Waals surface area contributed by atoms with Crippen LogP contribution in [0.4, 0.5) is 0 Å². The number of piperidine rings is 1. The second-order valence-corrected chi connectivity index (χ2v) is 7.94. The minimum absolute atomic E-state index is 0.0500. The molecule has 2 fully saturated rings. The van der Waals surface area contributed by atoms with Crippen LogP contribution in [0.1, 0.15) is 43.9 Å². The van der Waals surface area contributed by atoms with Crippen molar-refractivity contribution in [3.63, 3.8) is 0 Å². The second kappa shape index (κ2) is 6.30. The van der Waals surface area contributed by atoms with Gasteiger partial charge in [-0.05, 0) is 50.6 Å². The highest BCUT2D eigenvalue weighted by molar-refractivity contribution is 7.09. The number of hydrogen-bond acceptors (Lipinski definition) is 4. The molecule has 2 atom stereocenters. The lowest BCUT2D eigenvalue weighted by atomic mass is 9.56. The van der Waals surface area contributed by atoms with Gasteiger partial charge in [0.25, 0.3) is 0 Å². The highest BCUT2D eigenvalue weighted by Gasteiger charge is 2.59. The molecule has 3 N–H and O–H groups in total. The molecule has 0 radical (unpaired) electrons. The maximum absolute atomic E-state index is 12.9. The van der Waals surface area contributed by atoms with Gasteiger partial charge in [0.05, 0.1) is 11.0 Å². The fraction of sp³-hybridized carbons (Fsp3) is 0.706. The molecule has 1 saturated heterocycles. The number of rotatable bonds is 5. The Morgan fingerprint density at radius 1 is 1.45 bits per heavy atom. The molecule has 0 bridgehead atoms. The van der Waals surface area contributed by atoms with Gasteiger partial charge in [0.1, 0.15) is 0 Å². The van der Waals surface area contributed by atoms with Crippen molar-refractivity contribution in [2.24, 2.45) is 5.41 Å². The second-order valence-electron chi connectivity index (χ2n) is 6.91. The van der Waals surface area contributed by atoms with Crippen molar-refractivity contribution in [1.29, 1.82) is 0 Å².